The number of nitrogens with zero attached hydrogens (tertiary/aromatic N) is 2. The van der Waals surface area contributed by atoms with E-state index in [4.69, 9.17) is 4.74 Å². The Labute approximate surface area is 103 Å². The van der Waals surface area contributed by atoms with Crippen molar-refractivity contribution in [2.45, 2.75) is 50.7 Å². The summed E-state index contributed by atoms with van der Waals surface area (Å²) in [6.07, 6.45) is 7.66. The van der Waals surface area contributed by atoms with Crippen LogP contribution in [0.3, 0.4) is 0 Å². The largest absolute Gasteiger partial charge is 0.387 e. The van der Waals surface area contributed by atoms with Crippen LogP contribution in [0.1, 0.15) is 44.3 Å². The summed E-state index contributed by atoms with van der Waals surface area (Å²) in [6, 6.07) is 2.57. The van der Waals surface area contributed by atoms with E-state index < -0.39 is 5.60 Å². The lowest BCUT2D eigenvalue weighted by molar-refractivity contribution is -0.0168. The third-order valence-corrected chi connectivity index (χ3v) is 3.38. The van der Waals surface area contributed by atoms with E-state index in [2.05, 4.69) is 9.78 Å². The molecule has 2 rings (SSSR count). The summed E-state index contributed by atoms with van der Waals surface area (Å²) < 4.78 is 7.06. The van der Waals surface area contributed by atoms with Gasteiger partial charge in [-0.2, -0.15) is 5.10 Å². The zero-order valence-corrected chi connectivity index (χ0v) is 10.7. The van der Waals surface area contributed by atoms with E-state index in [1.165, 1.54) is 25.7 Å². The molecule has 4 nitrogen and oxygen atoms in total. The minimum Gasteiger partial charge on any atom is -0.387 e. The van der Waals surface area contributed by atoms with Gasteiger partial charge >= 0.3 is 0 Å². The smallest absolute Gasteiger partial charge is 0.0907 e. The molecule has 1 saturated carbocycles. The fraction of sp³-hybridized carbons (Fsp3) is 0.769. The Kier molecular flexibility index (Phi) is 3.84. The third kappa shape index (κ3) is 3.30. The summed E-state index contributed by atoms with van der Waals surface area (Å²) in [4.78, 5) is 0. The minimum atomic E-state index is -0.830. The first-order valence-electron chi connectivity index (χ1n) is 6.36. The molecule has 1 aliphatic carbocycles. The molecule has 1 unspecified atom stereocenters. The van der Waals surface area contributed by atoms with Crippen LogP contribution in [0, 0.1) is 0 Å². The first-order valence-corrected chi connectivity index (χ1v) is 6.36. The van der Waals surface area contributed by atoms with Gasteiger partial charge in [0, 0.05) is 19.7 Å². The molecule has 96 valence electrons. The highest BCUT2D eigenvalue weighted by Gasteiger charge is 2.23. The van der Waals surface area contributed by atoms with Gasteiger partial charge in [-0.15, -0.1) is 0 Å². The number of ether oxygens (including phenoxy) is 1. The lowest BCUT2D eigenvalue weighted by Gasteiger charge is -2.20. The number of rotatable bonds is 5. The van der Waals surface area contributed by atoms with Crippen molar-refractivity contribution in [1.82, 2.24) is 9.78 Å². The molecule has 0 amide bonds. The first kappa shape index (κ1) is 12.6. The van der Waals surface area contributed by atoms with Crippen molar-refractivity contribution < 1.29 is 9.84 Å². The molecule has 0 aromatic carbocycles. The number of aromatic nitrogens is 2. The van der Waals surface area contributed by atoms with Crippen molar-refractivity contribution in [2.24, 2.45) is 0 Å². The molecule has 1 aromatic heterocycles. The lowest BCUT2D eigenvalue weighted by Crippen LogP contribution is -2.33. The predicted molar refractivity (Wildman–Crippen MR) is 65.9 cm³/mol. The molecule has 0 bridgehead atoms. The maximum absolute atomic E-state index is 10.1. The van der Waals surface area contributed by atoms with Gasteiger partial charge in [0.1, 0.15) is 0 Å². The number of hydrogen-bond acceptors (Lipinski definition) is 3. The second kappa shape index (κ2) is 5.19. The number of hydrogen-bond donors (Lipinski definition) is 1. The van der Waals surface area contributed by atoms with E-state index in [9.17, 15) is 5.11 Å². The molecule has 1 heterocycles. The highest BCUT2D eigenvalue weighted by molar-refractivity contribution is 5.04. The SMILES string of the molecule is COCC(C)(O)Cc1ccn(C2CCCC2)n1. The quantitative estimate of drug-likeness (QED) is 0.852. The van der Waals surface area contributed by atoms with Gasteiger partial charge in [-0.3, -0.25) is 4.68 Å². The van der Waals surface area contributed by atoms with Crippen molar-refractivity contribution in [1.29, 1.82) is 0 Å². The normalized spacial score (nSPS) is 20.6. The predicted octanol–water partition coefficient (Wildman–Crippen LogP) is 1.94. The summed E-state index contributed by atoms with van der Waals surface area (Å²) in [7, 11) is 1.60. The maximum atomic E-state index is 10.1. The second-order valence-electron chi connectivity index (χ2n) is 5.33. The number of methoxy groups -OCH3 is 1. The van der Waals surface area contributed by atoms with Crippen molar-refractivity contribution >= 4 is 0 Å². The van der Waals surface area contributed by atoms with E-state index >= 15 is 0 Å². The van der Waals surface area contributed by atoms with Crippen LogP contribution in [0.5, 0.6) is 0 Å². The zero-order chi connectivity index (χ0) is 12.3. The molecular formula is C13H22N2O2. The van der Waals surface area contributed by atoms with Gasteiger partial charge in [-0.1, -0.05) is 12.8 Å². The van der Waals surface area contributed by atoms with Crippen molar-refractivity contribution in [3.05, 3.63) is 18.0 Å². The van der Waals surface area contributed by atoms with Gasteiger partial charge < -0.3 is 9.84 Å². The summed E-state index contributed by atoms with van der Waals surface area (Å²) in [5.74, 6) is 0. The van der Waals surface area contributed by atoms with E-state index in [0.29, 0.717) is 19.1 Å². The van der Waals surface area contributed by atoms with Crippen LogP contribution in [0.15, 0.2) is 12.3 Å². The highest BCUT2D eigenvalue weighted by Crippen LogP contribution is 2.28. The fourth-order valence-electron chi connectivity index (χ4n) is 2.60. The molecular weight excluding hydrogens is 216 g/mol. The average molecular weight is 238 g/mol. The van der Waals surface area contributed by atoms with Crippen LogP contribution in [-0.2, 0) is 11.2 Å². The van der Waals surface area contributed by atoms with Gasteiger partial charge in [0.25, 0.3) is 0 Å². The molecule has 0 radical (unpaired) electrons. The Hall–Kier alpha value is -0.870. The van der Waals surface area contributed by atoms with Crippen LogP contribution in [0.2, 0.25) is 0 Å². The zero-order valence-electron chi connectivity index (χ0n) is 10.7. The van der Waals surface area contributed by atoms with E-state index in [0.717, 1.165) is 5.69 Å². The molecule has 17 heavy (non-hydrogen) atoms. The summed E-state index contributed by atoms with van der Waals surface area (Å²) in [5, 5.41) is 14.6. The molecule has 4 heteroatoms. The molecule has 1 aliphatic rings. The molecule has 1 aromatic rings. The Balaban J connectivity index is 1.98. The molecule has 0 spiro atoms. The molecule has 1 N–H and O–H groups in total. The second-order valence-corrected chi connectivity index (χ2v) is 5.33. The first-order chi connectivity index (χ1) is 8.11. The fourth-order valence-corrected chi connectivity index (χ4v) is 2.60. The van der Waals surface area contributed by atoms with Gasteiger partial charge in [0.2, 0.25) is 0 Å². The van der Waals surface area contributed by atoms with Crippen LogP contribution >= 0.6 is 0 Å². The standard InChI is InChI=1S/C13H22N2O2/c1-13(16,10-17-2)9-11-7-8-15(14-11)12-5-3-4-6-12/h7-8,12,16H,3-6,9-10H2,1-2H3. The molecule has 1 fully saturated rings. The number of aliphatic hydroxyl groups is 1. The Morgan fingerprint density at radius 1 is 1.53 bits per heavy atom. The van der Waals surface area contributed by atoms with E-state index in [1.54, 1.807) is 14.0 Å². The summed E-state index contributed by atoms with van der Waals surface area (Å²) >= 11 is 0. The summed E-state index contributed by atoms with van der Waals surface area (Å²) in [5.41, 5.74) is 0.114. The topological polar surface area (TPSA) is 47.3 Å². The average Bonchev–Trinajstić information content (AvgIpc) is 2.85. The van der Waals surface area contributed by atoms with Crippen LogP contribution < -0.4 is 0 Å². The monoisotopic (exact) mass is 238 g/mol. The molecule has 0 saturated heterocycles. The van der Waals surface area contributed by atoms with Crippen LogP contribution in [0.4, 0.5) is 0 Å². The highest BCUT2D eigenvalue weighted by atomic mass is 16.5. The lowest BCUT2D eigenvalue weighted by atomic mass is 10.0. The van der Waals surface area contributed by atoms with Gasteiger partial charge in [0.15, 0.2) is 0 Å². The van der Waals surface area contributed by atoms with Crippen molar-refractivity contribution in [2.75, 3.05) is 13.7 Å². The minimum absolute atomic E-state index is 0.337. The van der Waals surface area contributed by atoms with Crippen molar-refractivity contribution in [3.8, 4) is 0 Å². The molecule has 0 aliphatic heterocycles. The van der Waals surface area contributed by atoms with Crippen LogP contribution in [-0.4, -0.2) is 34.2 Å². The Morgan fingerprint density at radius 3 is 2.88 bits per heavy atom. The van der Waals surface area contributed by atoms with Crippen LogP contribution in [0.25, 0.3) is 0 Å². The maximum Gasteiger partial charge on any atom is 0.0907 e. The Morgan fingerprint density at radius 2 is 2.24 bits per heavy atom. The third-order valence-electron chi connectivity index (χ3n) is 3.38. The van der Waals surface area contributed by atoms with Crippen molar-refractivity contribution in [3.63, 3.8) is 0 Å². The van der Waals surface area contributed by atoms with Gasteiger partial charge in [0.05, 0.1) is 23.9 Å². The Bertz CT molecular complexity index is 354. The van der Waals surface area contributed by atoms with Gasteiger partial charge in [-0.05, 0) is 25.8 Å². The van der Waals surface area contributed by atoms with E-state index in [-0.39, 0.29) is 0 Å². The van der Waals surface area contributed by atoms with E-state index in [1.807, 2.05) is 12.3 Å². The van der Waals surface area contributed by atoms with Gasteiger partial charge in [-0.25, -0.2) is 0 Å². The molecule has 1 atom stereocenters. The summed E-state index contributed by atoms with van der Waals surface area (Å²) in [6.45, 7) is 2.12.